The molecule has 116 valence electrons. The molecule has 0 bridgehead atoms. The van der Waals surface area contributed by atoms with Crippen LogP contribution in [0.2, 0.25) is 0 Å². The monoisotopic (exact) mass is 299 g/mol. The van der Waals surface area contributed by atoms with Crippen LogP contribution >= 0.6 is 0 Å². The van der Waals surface area contributed by atoms with Gasteiger partial charge in [0.15, 0.2) is 5.82 Å². The summed E-state index contributed by atoms with van der Waals surface area (Å²) in [5, 5.41) is 4.11. The van der Waals surface area contributed by atoms with Gasteiger partial charge in [0.2, 0.25) is 5.89 Å². The maximum absolute atomic E-state index is 5.43. The fourth-order valence-electron chi connectivity index (χ4n) is 3.23. The predicted octanol–water partition coefficient (Wildman–Crippen LogP) is 3.29. The third kappa shape index (κ3) is 2.73. The largest absolute Gasteiger partial charge is 0.497 e. The van der Waals surface area contributed by atoms with Gasteiger partial charge in [-0.2, -0.15) is 4.98 Å². The summed E-state index contributed by atoms with van der Waals surface area (Å²) in [4.78, 5) is 6.99. The van der Waals surface area contributed by atoms with Gasteiger partial charge >= 0.3 is 0 Å². The summed E-state index contributed by atoms with van der Waals surface area (Å²) in [6.07, 6.45) is 4.80. The highest BCUT2D eigenvalue weighted by Crippen LogP contribution is 2.38. The molecule has 1 aromatic carbocycles. The summed E-state index contributed by atoms with van der Waals surface area (Å²) >= 11 is 0. The number of hydrogen-bond acceptors (Lipinski definition) is 5. The molecular formula is C17H21N3O2. The number of rotatable bonds is 5. The molecule has 1 saturated carbocycles. The quantitative estimate of drug-likeness (QED) is 0.848. The van der Waals surface area contributed by atoms with Gasteiger partial charge in [0.1, 0.15) is 5.75 Å². The Bertz CT molecular complexity index is 634. The predicted molar refractivity (Wildman–Crippen MR) is 81.7 cm³/mol. The van der Waals surface area contributed by atoms with E-state index in [0.29, 0.717) is 12.0 Å². The Kier molecular flexibility index (Phi) is 3.58. The van der Waals surface area contributed by atoms with Gasteiger partial charge in [-0.15, -0.1) is 0 Å². The van der Waals surface area contributed by atoms with Crippen molar-refractivity contribution in [2.45, 2.75) is 44.2 Å². The third-order valence-corrected chi connectivity index (χ3v) is 4.63. The molecule has 1 saturated heterocycles. The van der Waals surface area contributed by atoms with Gasteiger partial charge in [-0.1, -0.05) is 17.3 Å². The van der Waals surface area contributed by atoms with Crippen molar-refractivity contribution in [1.29, 1.82) is 0 Å². The molecule has 1 aliphatic carbocycles. The molecule has 5 heteroatoms. The lowest BCUT2D eigenvalue weighted by atomic mass is 10.0. The van der Waals surface area contributed by atoms with Crippen molar-refractivity contribution >= 4 is 0 Å². The van der Waals surface area contributed by atoms with Gasteiger partial charge in [-0.25, -0.2) is 0 Å². The molecule has 1 atom stereocenters. The Morgan fingerprint density at radius 2 is 2.05 bits per heavy atom. The van der Waals surface area contributed by atoms with E-state index >= 15 is 0 Å². The van der Waals surface area contributed by atoms with Crippen LogP contribution in [0, 0.1) is 0 Å². The number of likely N-dealkylation sites (tertiary alicyclic amines) is 1. The van der Waals surface area contributed by atoms with E-state index in [0.717, 1.165) is 30.6 Å². The van der Waals surface area contributed by atoms with Crippen LogP contribution in [0.1, 0.15) is 54.9 Å². The highest BCUT2D eigenvalue weighted by atomic mass is 16.5. The average molecular weight is 299 g/mol. The molecule has 5 nitrogen and oxygen atoms in total. The molecule has 1 aromatic heterocycles. The zero-order valence-electron chi connectivity index (χ0n) is 12.9. The SMILES string of the molecule is COc1ccc(C2CCCN2Cc2nc(C3CC3)no2)cc1. The highest BCUT2D eigenvalue weighted by molar-refractivity contribution is 5.29. The highest BCUT2D eigenvalue weighted by Gasteiger charge is 2.31. The number of benzene rings is 1. The summed E-state index contributed by atoms with van der Waals surface area (Å²) in [5.74, 6) is 3.10. The van der Waals surface area contributed by atoms with Crippen molar-refractivity contribution < 1.29 is 9.26 Å². The van der Waals surface area contributed by atoms with Crippen LogP contribution in [0.4, 0.5) is 0 Å². The molecule has 0 radical (unpaired) electrons. The summed E-state index contributed by atoms with van der Waals surface area (Å²) in [5.41, 5.74) is 1.33. The second-order valence-electron chi connectivity index (χ2n) is 6.22. The Balaban J connectivity index is 1.47. The van der Waals surface area contributed by atoms with E-state index in [1.807, 2.05) is 12.1 Å². The first-order valence-corrected chi connectivity index (χ1v) is 8.04. The molecule has 0 spiro atoms. The molecule has 0 amide bonds. The van der Waals surface area contributed by atoms with Gasteiger partial charge in [0.05, 0.1) is 13.7 Å². The van der Waals surface area contributed by atoms with Gasteiger partial charge in [-0.3, -0.25) is 4.90 Å². The Hall–Kier alpha value is -1.88. The topological polar surface area (TPSA) is 51.4 Å². The zero-order chi connectivity index (χ0) is 14.9. The fraction of sp³-hybridized carbons (Fsp3) is 0.529. The van der Waals surface area contributed by atoms with E-state index in [2.05, 4.69) is 27.2 Å². The standard InChI is InChI=1S/C17H21N3O2/c1-21-14-8-6-12(7-9-14)15-3-2-10-20(15)11-16-18-17(19-22-16)13-4-5-13/h6-9,13,15H,2-5,10-11H2,1H3. The second kappa shape index (κ2) is 5.72. The molecule has 2 fully saturated rings. The van der Waals surface area contributed by atoms with Gasteiger partial charge in [-0.05, 0) is 49.9 Å². The number of nitrogens with zero attached hydrogens (tertiary/aromatic N) is 3. The summed E-state index contributed by atoms with van der Waals surface area (Å²) < 4.78 is 10.7. The summed E-state index contributed by atoms with van der Waals surface area (Å²) in [7, 11) is 1.70. The van der Waals surface area contributed by atoms with Crippen LogP contribution in [-0.4, -0.2) is 28.7 Å². The van der Waals surface area contributed by atoms with Crippen LogP contribution in [0.3, 0.4) is 0 Å². The van der Waals surface area contributed by atoms with Crippen LogP contribution in [0.15, 0.2) is 28.8 Å². The van der Waals surface area contributed by atoms with Gasteiger partial charge < -0.3 is 9.26 Å². The lowest BCUT2D eigenvalue weighted by molar-refractivity contribution is 0.212. The Morgan fingerprint density at radius 3 is 2.77 bits per heavy atom. The first-order chi connectivity index (χ1) is 10.8. The number of aromatic nitrogens is 2. The van der Waals surface area contributed by atoms with Crippen molar-refractivity contribution in [3.05, 3.63) is 41.5 Å². The van der Waals surface area contributed by atoms with E-state index in [4.69, 9.17) is 9.26 Å². The summed E-state index contributed by atoms with van der Waals surface area (Å²) in [6.45, 7) is 1.83. The zero-order valence-corrected chi connectivity index (χ0v) is 12.9. The minimum atomic E-state index is 0.433. The molecule has 1 unspecified atom stereocenters. The molecule has 1 aliphatic heterocycles. The van der Waals surface area contributed by atoms with E-state index in [1.165, 1.54) is 31.2 Å². The lowest BCUT2D eigenvalue weighted by Gasteiger charge is -2.23. The number of hydrogen-bond donors (Lipinski definition) is 0. The second-order valence-corrected chi connectivity index (χ2v) is 6.22. The third-order valence-electron chi connectivity index (χ3n) is 4.63. The smallest absolute Gasteiger partial charge is 0.240 e. The van der Waals surface area contributed by atoms with Gasteiger partial charge in [0.25, 0.3) is 0 Å². The Morgan fingerprint density at radius 1 is 1.23 bits per heavy atom. The van der Waals surface area contributed by atoms with Crippen LogP contribution in [-0.2, 0) is 6.54 Å². The maximum Gasteiger partial charge on any atom is 0.240 e. The van der Waals surface area contributed by atoms with Crippen LogP contribution < -0.4 is 4.74 Å². The molecule has 0 N–H and O–H groups in total. The van der Waals surface area contributed by atoms with E-state index in [1.54, 1.807) is 7.11 Å². The molecule has 2 heterocycles. The van der Waals surface area contributed by atoms with Crippen molar-refractivity contribution in [3.8, 4) is 5.75 Å². The first kappa shape index (κ1) is 13.8. The molecule has 2 aromatic rings. The lowest BCUT2D eigenvalue weighted by Crippen LogP contribution is -2.22. The fourth-order valence-corrected chi connectivity index (χ4v) is 3.23. The van der Waals surface area contributed by atoms with E-state index in [9.17, 15) is 0 Å². The normalized spacial score (nSPS) is 22.1. The summed E-state index contributed by atoms with van der Waals surface area (Å²) in [6, 6.07) is 8.81. The van der Waals surface area contributed by atoms with E-state index in [-0.39, 0.29) is 0 Å². The minimum absolute atomic E-state index is 0.433. The molecule has 22 heavy (non-hydrogen) atoms. The molecule has 2 aliphatic rings. The van der Waals surface area contributed by atoms with Crippen molar-refractivity contribution in [2.75, 3.05) is 13.7 Å². The van der Waals surface area contributed by atoms with Crippen LogP contribution in [0.5, 0.6) is 5.75 Å². The molecule has 4 rings (SSSR count). The van der Waals surface area contributed by atoms with Crippen molar-refractivity contribution in [2.24, 2.45) is 0 Å². The number of methoxy groups -OCH3 is 1. The van der Waals surface area contributed by atoms with Gasteiger partial charge in [0, 0.05) is 12.0 Å². The van der Waals surface area contributed by atoms with E-state index < -0.39 is 0 Å². The maximum atomic E-state index is 5.43. The average Bonchev–Trinajstić information content (AvgIpc) is 3.13. The minimum Gasteiger partial charge on any atom is -0.497 e. The Labute approximate surface area is 130 Å². The molecular weight excluding hydrogens is 278 g/mol. The van der Waals surface area contributed by atoms with Crippen molar-refractivity contribution in [1.82, 2.24) is 15.0 Å². The van der Waals surface area contributed by atoms with Crippen LogP contribution in [0.25, 0.3) is 0 Å². The van der Waals surface area contributed by atoms with Crippen molar-refractivity contribution in [3.63, 3.8) is 0 Å². The number of ether oxygens (including phenoxy) is 1. The first-order valence-electron chi connectivity index (χ1n) is 8.04.